The quantitative estimate of drug-likeness (QED) is 0.554. The van der Waals surface area contributed by atoms with Crippen LogP contribution in [0.2, 0.25) is 0 Å². The number of primary amides is 1. The summed E-state index contributed by atoms with van der Waals surface area (Å²) in [5.74, 6) is -1.29. The van der Waals surface area contributed by atoms with Crippen LogP contribution in [0.25, 0.3) is 0 Å². The molecule has 0 unspecified atom stereocenters. The van der Waals surface area contributed by atoms with Gasteiger partial charge in [0.2, 0.25) is 5.88 Å². The minimum Gasteiger partial charge on any atom is -0.497 e. The maximum absolute atomic E-state index is 14.2. The van der Waals surface area contributed by atoms with Crippen molar-refractivity contribution < 1.29 is 31.8 Å². The van der Waals surface area contributed by atoms with Crippen LogP contribution in [0.1, 0.15) is 15.9 Å². The van der Waals surface area contributed by atoms with Crippen LogP contribution < -0.4 is 20.5 Å². The molecule has 2 aromatic carbocycles. The predicted octanol–water partition coefficient (Wildman–Crippen LogP) is 4.88. The highest BCUT2D eigenvalue weighted by Crippen LogP contribution is 2.38. The highest BCUT2D eigenvalue weighted by atomic mass is 19.4. The van der Waals surface area contributed by atoms with Gasteiger partial charge in [-0.15, -0.1) is 0 Å². The van der Waals surface area contributed by atoms with E-state index >= 15 is 0 Å². The van der Waals surface area contributed by atoms with Gasteiger partial charge >= 0.3 is 6.18 Å². The fourth-order valence-corrected chi connectivity index (χ4v) is 2.58. The number of methoxy groups -OCH3 is 1. The van der Waals surface area contributed by atoms with E-state index in [2.05, 4.69) is 10.3 Å². The number of carbonyl (C=O) groups excluding carboxylic acids is 1. The van der Waals surface area contributed by atoms with Crippen molar-refractivity contribution in [3.63, 3.8) is 0 Å². The zero-order valence-corrected chi connectivity index (χ0v) is 15.5. The lowest BCUT2D eigenvalue weighted by Gasteiger charge is -2.17. The summed E-state index contributed by atoms with van der Waals surface area (Å²) in [7, 11) is 1.48. The monoisotopic (exact) mass is 421 g/mol. The molecule has 3 rings (SSSR count). The number of ether oxygens (including phenoxy) is 2. The third-order valence-electron chi connectivity index (χ3n) is 4.00. The molecule has 0 radical (unpaired) electrons. The molecule has 1 heterocycles. The second kappa shape index (κ2) is 8.27. The largest absolute Gasteiger partial charge is 0.497 e. The van der Waals surface area contributed by atoms with E-state index < -0.39 is 34.8 Å². The van der Waals surface area contributed by atoms with Crippen LogP contribution in [-0.4, -0.2) is 18.0 Å². The van der Waals surface area contributed by atoms with Gasteiger partial charge in [-0.2, -0.15) is 13.2 Å². The fraction of sp³-hybridized carbons (Fsp3) is 0.100. The van der Waals surface area contributed by atoms with Crippen LogP contribution in [0, 0.1) is 5.82 Å². The Balaban J connectivity index is 2.01. The van der Waals surface area contributed by atoms with Gasteiger partial charge in [-0.1, -0.05) is 6.07 Å². The Bertz CT molecular complexity index is 1070. The third-order valence-corrected chi connectivity index (χ3v) is 4.00. The first kappa shape index (κ1) is 20.9. The van der Waals surface area contributed by atoms with Crippen molar-refractivity contribution >= 4 is 17.3 Å². The third kappa shape index (κ3) is 4.59. The molecule has 0 atom stereocenters. The topological polar surface area (TPSA) is 86.5 Å². The van der Waals surface area contributed by atoms with Gasteiger partial charge in [-0.25, -0.2) is 9.37 Å². The van der Waals surface area contributed by atoms with Gasteiger partial charge < -0.3 is 20.5 Å². The van der Waals surface area contributed by atoms with E-state index in [0.717, 1.165) is 12.1 Å². The summed E-state index contributed by atoms with van der Waals surface area (Å²) in [5, 5.41) is 2.31. The summed E-state index contributed by atoms with van der Waals surface area (Å²) in [6, 6.07) is 10.6. The average molecular weight is 421 g/mol. The molecule has 6 nitrogen and oxygen atoms in total. The summed E-state index contributed by atoms with van der Waals surface area (Å²) in [6.45, 7) is 0. The number of anilines is 2. The zero-order chi connectivity index (χ0) is 21.9. The molecule has 156 valence electrons. The van der Waals surface area contributed by atoms with Crippen molar-refractivity contribution in [1.29, 1.82) is 0 Å². The lowest BCUT2D eigenvalue weighted by molar-refractivity contribution is -0.137. The van der Waals surface area contributed by atoms with Gasteiger partial charge in [-0.05, 0) is 36.4 Å². The number of carbonyl (C=O) groups is 1. The van der Waals surface area contributed by atoms with Crippen LogP contribution in [0.4, 0.5) is 28.9 Å². The Labute approximate surface area is 168 Å². The number of amides is 1. The molecule has 0 bridgehead atoms. The fourth-order valence-electron chi connectivity index (χ4n) is 2.58. The maximum atomic E-state index is 14.2. The summed E-state index contributed by atoms with van der Waals surface area (Å²) in [6.07, 6.45) is -4.25. The predicted molar refractivity (Wildman–Crippen MR) is 101 cm³/mol. The molecule has 0 aliphatic rings. The van der Waals surface area contributed by atoms with E-state index in [0.29, 0.717) is 11.9 Å². The van der Waals surface area contributed by atoms with E-state index in [-0.39, 0.29) is 17.2 Å². The number of nitrogens with two attached hydrogens (primary N) is 1. The standard InChI is InChI=1S/C20H15F4N3O3/c1-29-11-5-7-12(8-6-11)30-17-9-16(14(10-26-17)20(22,23)24)27-18-13(19(25)28)3-2-4-15(18)21/h2-10H,1H3,(H2,25,28)(H,26,27). The van der Waals surface area contributed by atoms with Crippen molar-refractivity contribution in [3.05, 3.63) is 71.7 Å². The van der Waals surface area contributed by atoms with E-state index in [1.165, 1.54) is 31.4 Å². The number of benzene rings is 2. The number of nitrogens with one attached hydrogen (secondary N) is 1. The first-order valence-corrected chi connectivity index (χ1v) is 8.43. The van der Waals surface area contributed by atoms with Crippen LogP contribution in [0.5, 0.6) is 17.4 Å². The highest BCUT2D eigenvalue weighted by Gasteiger charge is 2.35. The number of hydrogen-bond acceptors (Lipinski definition) is 5. The average Bonchev–Trinajstić information content (AvgIpc) is 2.69. The smallest absolute Gasteiger partial charge is 0.419 e. The number of rotatable bonds is 6. The molecular weight excluding hydrogens is 406 g/mol. The van der Waals surface area contributed by atoms with Crippen molar-refractivity contribution in [2.45, 2.75) is 6.18 Å². The molecule has 0 saturated heterocycles. The van der Waals surface area contributed by atoms with Gasteiger partial charge in [0.1, 0.15) is 17.3 Å². The van der Waals surface area contributed by atoms with E-state index in [9.17, 15) is 22.4 Å². The van der Waals surface area contributed by atoms with Crippen LogP contribution in [0.15, 0.2) is 54.7 Å². The molecule has 0 aliphatic carbocycles. The number of alkyl halides is 3. The summed E-state index contributed by atoms with van der Waals surface area (Å²) in [5.41, 5.74) is 2.67. The van der Waals surface area contributed by atoms with Gasteiger partial charge in [0, 0.05) is 12.3 Å². The summed E-state index contributed by atoms with van der Waals surface area (Å²) >= 11 is 0. The Morgan fingerprint density at radius 3 is 2.37 bits per heavy atom. The van der Waals surface area contributed by atoms with Crippen LogP contribution in [-0.2, 0) is 6.18 Å². The lowest BCUT2D eigenvalue weighted by Crippen LogP contribution is -2.16. The van der Waals surface area contributed by atoms with Crippen LogP contribution >= 0.6 is 0 Å². The number of para-hydroxylation sites is 1. The number of nitrogens with zero attached hydrogens (tertiary/aromatic N) is 1. The Kier molecular flexibility index (Phi) is 5.77. The molecule has 10 heteroatoms. The van der Waals surface area contributed by atoms with Crippen LogP contribution in [0.3, 0.4) is 0 Å². The highest BCUT2D eigenvalue weighted by molar-refractivity contribution is 5.99. The van der Waals surface area contributed by atoms with Gasteiger partial charge in [0.25, 0.3) is 5.91 Å². The zero-order valence-electron chi connectivity index (χ0n) is 15.5. The number of aromatic nitrogens is 1. The number of halogens is 4. The summed E-state index contributed by atoms with van der Waals surface area (Å²) < 4.78 is 65.0. The second-order valence-electron chi connectivity index (χ2n) is 6.00. The van der Waals surface area contributed by atoms with Gasteiger partial charge in [0.15, 0.2) is 0 Å². The number of pyridine rings is 1. The minimum atomic E-state index is -4.80. The van der Waals surface area contributed by atoms with E-state index in [4.69, 9.17) is 15.2 Å². The molecule has 0 spiro atoms. The Hall–Kier alpha value is -3.82. The number of hydrogen-bond donors (Lipinski definition) is 2. The van der Waals surface area contributed by atoms with Crippen molar-refractivity contribution in [2.75, 3.05) is 12.4 Å². The van der Waals surface area contributed by atoms with Crippen molar-refractivity contribution in [1.82, 2.24) is 4.98 Å². The maximum Gasteiger partial charge on any atom is 0.419 e. The molecule has 3 N–H and O–H groups in total. The molecule has 3 aromatic rings. The van der Waals surface area contributed by atoms with E-state index in [1.54, 1.807) is 12.1 Å². The van der Waals surface area contributed by atoms with Gasteiger partial charge in [0.05, 0.1) is 29.6 Å². The molecule has 1 aromatic heterocycles. The van der Waals surface area contributed by atoms with Crippen molar-refractivity contribution in [3.8, 4) is 17.4 Å². The SMILES string of the molecule is COc1ccc(Oc2cc(Nc3c(F)cccc3C(N)=O)c(C(F)(F)F)cn2)cc1. The molecule has 0 aliphatic heterocycles. The second-order valence-corrected chi connectivity index (χ2v) is 6.00. The molecule has 0 fully saturated rings. The molecular formula is C20H15F4N3O3. The Morgan fingerprint density at radius 2 is 1.77 bits per heavy atom. The van der Waals surface area contributed by atoms with E-state index in [1.807, 2.05) is 0 Å². The molecule has 1 amide bonds. The minimum absolute atomic E-state index is 0.187. The first-order valence-electron chi connectivity index (χ1n) is 8.43. The molecule has 30 heavy (non-hydrogen) atoms. The first-order chi connectivity index (χ1) is 14.2. The molecule has 0 saturated carbocycles. The normalized spacial score (nSPS) is 11.1. The van der Waals surface area contributed by atoms with Crippen molar-refractivity contribution in [2.24, 2.45) is 5.73 Å². The lowest BCUT2D eigenvalue weighted by atomic mass is 10.1. The Morgan fingerprint density at radius 1 is 1.10 bits per heavy atom. The summed E-state index contributed by atoms with van der Waals surface area (Å²) in [4.78, 5) is 15.2. The van der Waals surface area contributed by atoms with Gasteiger partial charge in [-0.3, -0.25) is 4.79 Å².